The fourth-order valence-corrected chi connectivity index (χ4v) is 4.65. The summed E-state index contributed by atoms with van der Waals surface area (Å²) in [4.78, 5) is 34.8. The zero-order chi connectivity index (χ0) is 28.0. The second-order valence-electron chi connectivity index (χ2n) is 9.37. The number of methoxy groups -OCH3 is 1. The van der Waals surface area contributed by atoms with E-state index in [0.717, 1.165) is 63.1 Å². The van der Waals surface area contributed by atoms with Crippen LogP contribution in [0.3, 0.4) is 0 Å². The molecule has 0 unspecified atom stereocenters. The summed E-state index contributed by atoms with van der Waals surface area (Å²) in [7, 11) is 1.68. The first kappa shape index (κ1) is 30.6. The lowest BCUT2D eigenvalue weighted by Gasteiger charge is -2.37. The largest absolute Gasteiger partial charge is 0.497 e. The van der Waals surface area contributed by atoms with Crippen molar-refractivity contribution in [2.75, 3.05) is 26.7 Å². The quantitative estimate of drug-likeness (QED) is 0.371. The van der Waals surface area contributed by atoms with E-state index in [1.807, 2.05) is 12.1 Å². The molecule has 0 aromatic heterocycles. The van der Waals surface area contributed by atoms with E-state index in [1.165, 1.54) is 5.56 Å². The van der Waals surface area contributed by atoms with Crippen LogP contribution in [0.2, 0.25) is 0 Å². The van der Waals surface area contributed by atoms with Crippen molar-refractivity contribution in [3.8, 4) is 5.75 Å². The third-order valence-corrected chi connectivity index (χ3v) is 7.10. The van der Waals surface area contributed by atoms with Gasteiger partial charge in [0.2, 0.25) is 5.91 Å². The van der Waals surface area contributed by atoms with E-state index in [1.54, 1.807) is 7.11 Å². The topological polar surface area (TPSA) is 116 Å². The van der Waals surface area contributed by atoms with E-state index in [0.29, 0.717) is 12.2 Å². The lowest BCUT2D eigenvalue weighted by molar-refractivity contribution is -0.134. The molecule has 0 spiro atoms. The molecule has 0 radical (unpaired) electrons. The monoisotopic (exact) mass is 524 g/mol. The minimum absolute atomic E-state index is 0.105. The molecular formula is C30H40N2O6. The van der Waals surface area contributed by atoms with Crippen LogP contribution >= 0.6 is 0 Å². The third kappa shape index (κ3) is 9.67. The minimum Gasteiger partial charge on any atom is -0.497 e. The Morgan fingerprint density at radius 3 is 1.97 bits per heavy atom. The molecule has 1 saturated heterocycles. The number of carboxylic acids is 2. The van der Waals surface area contributed by atoms with Crippen molar-refractivity contribution in [1.29, 1.82) is 0 Å². The highest BCUT2D eigenvalue weighted by atomic mass is 16.5. The average Bonchev–Trinajstić information content (AvgIpc) is 2.95. The van der Waals surface area contributed by atoms with Crippen LogP contribution in [-0.2, 0) is 26.3 Å². The average molecular weight is 525 g/mol. The van der Waals surface area contributed by atoms with Gasteiger partial charge in [-0.2, -0.15) is 0 Å². The van der Waals surface area contributed by atoms with Gasteiger partial charge in [0.1, 0.15) is 5.75 Å². The van der Waals surface area contributed by atoms with Crippen LogP contribution < -0.4 is 10.1 Å². The number of nitrogens with one attached hydrogen (secondary N) is 1. The number of hydrogen-bond donors (Lipinski definition) is 3. The number of carboxylic acid groups (broad SMARTS) is 2. The van der Waals surface area contributed by atoms with Gasteiger partial charge in [-0.3, -0.25) is 4.79 Å². The molecule has 38 heavy (non-hydrogen) atoms. The highest BCUT2D eigenvalue weighted by Gasteiger charge is 2.34. The van der Waals surface area contributed by atoms with Crippen LogP contribution in [0.15, 0.2) is 66.7 Å². The smallest absolute Gasteiger partial charge is 0.328 e. The van der Waals surface area contributed by atoms with Gasteiger partial charge in [0, 0.05) is 24.6 Å². The number of carbonyl (C=O) groups excluding carboxylic acids is 1. The number of amides is 1. The van der Waals surface area contributed by atoms with Crippen molar-refractivity contribution in [2.45, 2.75) is 51.5 Å². The Morgan fingerprint density at radius 1 is 0.947 bits per heavy atom. The molecule has 2 aromatic rings. The van der Waals surface area contributed by atoms with Crippen molar-refractivity contribution in [3.05, 3.63) is 77.9 Å². The fraction of sp³-hybridized carbons (Fsp3) is 0.433. The summed E-state index contributed by atoms with van der Waals surface area (Å²) in [6.45, 7) is 7.37. The van der Waals surface area contributed by atoms with Crippen molar-refractivity contribution in [2.24, 2.45) is 5.92 Å². The van der Waals surface area contributed by atoms with Gasteiger partial charge in [0.25, 0.3) is 0 Å². The summed E-state index contributed by atoms with van der Waals surface area (Å²) in [5.74, 6) is -1.36. The second-order valence-corrected chi connectivity index (χ2v) is 9.37. The summed E-state index contributed by atoms with van der Waals surface area (Å²) in [6, 6.07) is 18.8. The molecule has 0 saturated carbocycles. The highest BCUT2D eigenvalue weighted by molar-refractivity contribution is 5.89. The van der Waals surface area contributed by atoms with E-state index >= 15 is 0 Å². The van der Waals surface area contributed by atoms with Crippen LogP contribution in [0.4, 0.5) is 0 Å². The summed E-state index contributed by atoms with van der Waals surface area (Å²) in [5, 5.41) is 19.1. The molecule has 0 bridgehead atoms. The maximum absolute atomic E-state index is 13.2. The van der Waals surface area contributed by atoms with Gasteiger partial charge < -0.3 is 25.2 Å². The number of piperidine rings is 1. The van der Waals surface area contributed by atoms with Crippen LogP contribution in [0.25, 0.3) is 0 Å². The molecule has 0 atom stereocenters. The molecule has 2 aromatic carbocycles. The van der Waals surface area contributed by atoms with E-state index in [4.69, 9.17) is 14.9 Å². The van der Waals surface area contributed by atoms with E-state index in [9.17, 15) is 14.4 Å². The third-order valence-electron chi connectivity index (χ3n) is 7.10. The Bertz CT molecular complexity index is 1020. The number of nitrogens with zero attached hydrogens (tertiary/aromatic N) is 1. The molecule has 206 valence electrons. The second kappa shape index (κ2) is 15.6. The molecule has 1 heterocycles. The first-order valence-corrected chi connectivity index (χ1v) is 13.1. The van der Waals surface area contributed by atoms with E-state index in [-0.39, 0.29) is 17.4 Å². The summed E-state index contributed by atoms with van der Waals surface area (Å²) < 4.78 is 5.29. The van der Waals surface area contributed by atoms with Crippen LogP contribution in [0, 0.1) is 5.92 Å². The van der Waals surface area contributed by atoms with Gasteiger partial charge in [0.15, 0.2) is 0 Å². The van der Waals surface area contributed by atoms with Gasteiger partial charge >= 0.3 is 11.9 Å². The zero-order valence-corrected chi connectivity index (χ0v) is 22.6. The summed E-state index contributed by atoms with van der Waals surface area (Å²) >= 11 is 0. The molecule has 8 nitrogen and oxygen atoms in total. The number of rotatable bonds is 11. The normalized spacial score (nSPS) is 14.4. The Kier molecular flexibility index (Phi) is 12.5. The molecule has 1 fully saturated rings. The molecule has 0 aliphatic carbocycles. The first-order chi connectivity index (χ1) is 18.2. The SMILES string of the molecule is CCC(CC)(NC(=O)C1CCN(CCc2ccccc2)CC1)c1ccc(OC)cc1.O=C(O)/C=C/C(=O)O. The van der Waals surface area contributed by atoms with E-state index < -0.39 is 11.9 Å². The molecule has 3 rings (SSSR count). The Labute approximate surface area is 225 Å². The van der Waals surface area contributed by atoms with Crippen LogP contribution in [0.5, 0.6) is 5.75 Å². The van der Waals surface area contributed by atoms with Gasteiger partial charge in [-0.25, -0.2) is 9.59 Å². The lowest BCUT2D eigenvalue weighted by atomic mass is 9.83. The first-order valence-electron chi connectivity index (χ1n) is 13.1. The number of ether oxygens (including phenoxy) is 1. The standard InChI is InChI=1S/C26H36N2O2.C4H4O4/c1-4-26(5-2,23-11-13-24(30-3)14-12-23)27-25(29)22-16-19-28(20-17-22)18-15-21-9-7-6-8-10-21;5-3(6)1-2-4(7)8/h6-14,22H,4-5,15-20H2,1-3H3,(H,27,29);1-2H,(H,5,6)(H,7,8)/b;2-1+. The van der Waals surface area contributed by atoms with Gasteiger partial charge in [-0.05, 0) is 68.5 Å². The number of benzene rings is 2. The fourth-order valence-electron chi connectivity index (χ4n) is 4.65. The number of carbonyl (C=O) groups is 3. The van der Waals surface area contributed by atoms with Crippen molar-refractivity contribution >= 4 is 17.8 Å². The number of likely N-dealkylation sites (tertiary alicyclic amines) is 1. The Hall–Kier alpha value is -3.65. The summed E-state index contributed by atoms with van der Waals surface area (Å²) in [5.41, 5.74) is 2.22. The minimum atomic E-state index is -1.26. The van der Waals surface area contributed by atoms with E-state index in [2.05, 4.69) is 66.5 Å². The molecule has 8 heteroatoms. The molecule has 1 amide bonds. The Morgan fingerprint density at radius 2 is 1.50 bits per heavy atom. The van der Waals surface area contributed by atoms with Gasteiger partial charge in [-0.1, -0.05) is 56.3 Å². The molecular weight excluding hydrogens is 484 g/mol. The maximum Gasteiger partial charge on any atom is 0.328 e. The van der Waals surface area contributed by atoms with Crippen molar-refractivity contribution < 1.29 is 29.3 Å². The van der Waals surface area contributed by atoms with Gasteiger partial charge in [0.05, 0.1) is 12.6 Å². The van der Waals surface area contributed by atoms with Crippen molar-refractivity contribution in [1.82, 2.24) is 10.2 Å². The number of aliphatic carboxylic acids is 2. The number of hydrogen-bond acceptors (Lipinski definition) is 5. The molecule has 1 aliphatic heterocycles. The van der Waals surface area contributed by atoms with Gasteiger partial charge in [-0.15, -0.1) is 0 Å². The van der Waals surface area contributed by atoms with Crippen molar-refractivity contribution in [3.63, 3.8) is 0 Å². The van der Waals surface area contributed by atoms with Crippen LogP contribution in [-0.4, -0.2) is 59.7 Å². The Balaban J connectivity index is 0.000000550. The zero-order valence-electron chi connectivity index (χ0n) is 22.6. The maximum atomic E-state index is 13.2. The lowest BCUT2D eigenvalue weighted by Crippen LogP contribution is -2.49. The molecule has 1 aliphatic rings. The van der Waals surface area contributed by atoms with Crippen LogP contribution in [0.1, 0.15) is 50.7 Å². The summed E-state index contributed by atoms with van der Waals surface area (Å²) in [6.07, 6.45) is 5.81. The predicted molar refractivity (Wildman–Crippen MR) is 147 cm³/mol. The highest BCUT2D eigenvalue weighted by Crippen LogP contribution is 2.31. The predicted octanol–water partition coefficient (Wildman–Crippen LogP) is 4.49. The molecule has 3 N–H and O–H groups in total.